The van der Waals surface area contributed by atoms with Crippen molar-refractivity contribution in [2.24, 2.45) is 16.9 Å². The smallest absolute Gasteiger partial charge is 0.271 e. The molecule has 3 amide bonds. The average Bonchev–Trinajstić information content (AvgIpc) is 3.24. The number of para-hydroxylation sites is 1. The molecule has 1 heterocycles. The third-order valence-electron chi connectivity index (χ3n) is 8.45. The van der Waals surface area contributed by atoms with Crippen LogP contribution in [0.3, 0.4) is 0 Å². The van der Waals surface area contributed by atoms with Crippen LogP contribution in [0.5, 0.6) is 0 Å². The SMILES string of the molecule is Cc1ccc(C(=O)N/N=C\C23c4ccccc4C(c4ccccc42)[C@H]2C(=O)N(c4ccccc4)C(=O)[C@H]23)cc1. The van der Waals surface area contributed by atoms with E-state index in [1.165, 1.54) is 4.90 Å². The zero-order chi connectivity index (χ0) is 26.7. The van der Waals surface area contributed by atoms with E-state index in [-0.39, 0.29) is 23.6 Å². The van der Waals surface area contributed by atoms with Crippen molar-refractivity contribution in [1.82, 2.24) is 5.43 Å². The van der Waals surface area contributed by atoms with Gasteiger partial charge in [0.15, 0.2) is 0 Å². The molecular weight excluding hydrogens is 486 g/mol. The van der Waals surface area contributed by atoms with E-state index in [2.05, 4.69) is 10.5 Å². The van der Waals surface area contributed by atoms with Gasteiger partial charge in [-0.05, 0) is 53.4 Å². The van der Waals surface area contributed by atoms with E-state index in [1.54, 1.807) is 30.5 Å². The van der Waals surface area contributed by atoms with Crippen LogP contribution in [0.2, 0.25) is 0 Å². The molecule has 1 saturated heterocycles. The molecule has 4 aromatic rings. The number of benzene rings is 4. The van der Waals surface area contributed by atoms with Crippen LogP contribution in [-0.2, 0) is 15.0 Å². The van der Waals surface area contributed by atoms with Gasteiger partial charge in [0.1, 0.15) is 0 Å². The summed E-state index contributed by atoms with van der Waals surface area (Å²) in [6, 6.07) is 32.3. The van der Waals surface area contributed by atoms with Gasteiger partial charge in [0.05, 0.1) is 22.9 Å². The molecule has 190 valence electrons. The van der Waals surface area contributed by atoms with E-state index < -0.39 is 17.3 Å². The lowest BCUT2D eigenvalue weighted by Crippen LogP contribution is -2.54. The topological polar surface area (TPSA) is 78.8 Å². The van der Waals surface area contributed by atoms with E-state index in [1.807, 2.05) is 85.8 Å². The Hall–Kier alpha value is -4.84. The van der Waals surface area contributed by atoms with Crippen LogP contribution in [0.15, 0.2) is 108 Å². The predicted molar refractivity (Wildman–Crippen MR) is 149 cm³/mol. The highest BCUT2D eigenvalue weighted by Crippen LogP contribution is 2.63. The van der Waals surface area contributed by atoms with Crippen molar-refractivity contribution in [3.63, 3.8) is 0 Å². The number of hydrazone groups is 1. The minimum atomic E-state index is -1.02. The van der Waals surface area contributed by atoms with Crippen LogP contribution in [-0.4, -0.2) is 23.9 Å². The number of nitrogens with one attached hydrogen (secondary N) is 1. The lowest BCUT2D eigenvalue weighted by molar-refractivity contribution is -0.122. The van der Waals surface area contributed by atoms with Gasteiger partial charge < -0.3 is 0 Å². The van der Waals surface area contributed by atoms with Crippen molar-refractivity contribution in [3.8, 4) is 0 Å². The van der Waals surface area contributed by atoms with E-state index in [4.69, 9.17) is 0 Å². The molecule has 1 N–H and O–H groups in total. The third kappa shape index (κ3) is 3.21. The molecule has 0 spiro atoms. The number of hydrogen-bond acceptors (Lipinski definition) is 4. The van der Waals surface area contributed by atoms with E-state index in [0.717, 1.165) is 27.8 Å². The Kier molecular flexibility index (Phi) is 5.13. The van der Waals surface area contributed by atoms with E-state index in [0.29, 0.717) is 11.3 Å². The lowest BCUT2D eigenvalue weighted by atomic mass is 9.47. The first-order chi connectivity index (χ1) is 19.0. The quantitative estimate of drug-likeness (QED) is 0.239. The zero-order valence-electron chi connectivity index (χ0n) is 21.2. The molecule has 8 rings (SSSR count). The summed E-state index contributed by atoms with van der Waals surface area (Å²) < 4.78 is 0. The third-order valence-corrected chi connectivity index (χ3v) is 8.45. The molecule has 4 aliphatic rings. The summed E-state index contributed by atoms with van der Waals surface area (Å²) in [5, 5.41) is 4.47. The van der Waals surface area contributed by atoms with Crippen LogP contribution in [0.25, 0.3) is 0 Å². The van der Waals surface area contributed by atoms with Crippen LogP contribution < -0.4 is 10.3 Å². The maximum Gasteiger partial charge on any atom is 0.271 e. The highest BCUT2D eigenvalue weighted by atomic mass is 16.2. The van der Waals surface area contributed by atoms with Crippen LogP contribution in [0.1, 0.15) is 44.1 Å². The van der Waals surface area contributed by atoms with Gasteiger partial charge >= 0.3 is 0 Å². The Morgan fingerprint density at radius 3 is 2.03 bits per heavy atom. The summed E-state index contributed by atoms with van der Waals surface area (Å²) in [4.78, 5) is 42.6. The first-order valence-corrected chi connectivity index (χ1v) is 13.1. The van der Waals surface area contributed by atoms with E-state index >= 15 is 0 Å². The Labute approximate surface area is 226 Å². The van der Waals surface area contributed by atoms with Crippen molar-refractivity contribution in [2.75, 3.05) is 4.90 Å². The molecule has 0 unspecified atom stereocenters. The molecule has 2 bridgehead atoms. The number of aryl methyl sites for hydroxylation is 1. The summed E-state index contributed by atoms with van der Waals surface area (Å²) in [6.45, 7) is 1.96. The molecule has 0 radical (unpaired) electrons. The van der Waals surface area contributed by atoms with Gasteiger partial charge in [-0.15, -0.1) is 0 Å². The van der Waals surface area contributed by atoms with Crippen LogP contribution in [0.4, 0.5) is 5.69 Å². The van der Waals surface area contributed by atoms with Crippen molar-refractivity contribution < 1.29 is 14.4 Å². The first kappa shape index (κ1) is 23.3. The molecular formula is C33H25N3O3. The lowest BCUT2D eigenvalue weighted by Gasteiger charge is -2.52. The number of imide groups is 1. The molecule has 6 nitrogen and oxygen atoms in total. The standard InChI is InChI=1S/C33H25N3O3/c1-20-15-17-21(18-16-20)30(37)35-34-19-33-25-13-7-5-11-23(25)27(24-12-6-8-14-26(24)33)28-29(33)32(39)36(31(28)38)22-9-3-2-4-10-22/h2-19,27-29H,1H3,(H,35,37)/b34-19-/t27?,28-,29+,33?/m1/s1. The second-order valence-electron chi connectivity index (χ2n) is 10.4. The van der Waals surface area contributed by atoms with Crippen molar-refractivity contribution in [2.45, 2.75) is 18.3 Å². The van der Waals surface area contributed by atoms with Gasteiger partial charge in [-0.3, -0.25) is 14.4 Å². The molecule has 0 aromatic heterocycles. The number of carbonyl (C=O) groups excluding carboxylic acids is 3. The summed E-state index contributed by atoms with van der Waals surface area (Å²) in [6.07, 6.45) is 1.68. The average molecular weight is 512 g/mol. The number of anilines is 1. The monoisotopic (exact) mass is 511 g/mol. The minimum Gasteiger partial charge on any atom is -0.274 e. The van der Waals surface area contributed by atoms with Gasteiger partial charge in [-0.25, -0.2) is 10.3 Å². The maximum atomic E-state index is 14.3. The molecule has 1 aliphatic heterocycles. The van der Waals surface area contributed by atoms with Gasteiger partial charge in [0.2, 0.25) is 11.8 Å². The fourth-order valence-corrected chi connectivity index (χ4v) is 6.84. The highest BCUT2D eigenvalue weighted by molar-refractivity contribution is 6.25. The van der Waals surface area contributed by atoms with Crippen molar-refractivity contribution in [3.05, 3.63) is 137 Å². The molecule has 4 aromatic carbocycles. The highest BCUT2D eigenvalue weighted by Gasteiger charge is 2.68. The number of hydrogen-bond donors (Lipinski definition) is 1. The summed E-state index contributed by atoms with van der Waals surface area (Å²) >= 11 is 0. The number of carbonyl (C=O) groups is 3. The van der Waals surface area contributed by atoms with E-state index in [9.17, 15) is 14.4 Å². The Morgan fingerprint density at radius 1 is 0.795 bits per heavy atom. The van der Waals surface area contributed by atoms with Gasteiger partial charge in [-0.2, -0.15) is 5.10 Å². The molecule has 0 saturated carbocycles. The second-order valence-corrected chi connectivity index (χ2v) is 10.4. The first-order valence-electron chi connectivity index (χ1n) is 13.1. The number of nitrogens with zero attached hydrogens (tertiary/aromatic N) is 2. The summed E-state index contributed by atoms with van der Waals surface area (Å²) in [7, 11) is 0. The second kappa shape index (κ2) is 8.60. The molecule has 6 heteroatoms. The summed E-state index contributed by atoms with van der Waals surface area (Å²) in [5.41, 5.74) is 7.68. The Morgan fingerprint density at radius 2 is 1.38 bits per heavy atom. The fraction of sp³-hybridized carbons (Fsp3) is 0.152. The molecule has 1 fully saturated rings. The van der Waals surface area contributed by atoms with Crippen LogP contribution >= 0.6 is 0 Å². The Balaban J connectivity index is 1.40. The molecule has 3 aliphatic carbocycles. The maximum absolute atomic E-state index is 14.3. The minimum absolute atomic E-state index is 0.202. The number of rotatable bonds is 4. The van der Waals surface area contributed by atoms with Gasteiger partial charge in [0.25, 0.3) is 5.91 Å². The van der Waals surface area contributed by atoms with Crippen molar-refractivity contribution >= 4 is 29.6 Å². The van der Waals surface area contributed by atoms with Crippen LogP contribution in [0, 0.1) is 18.8 Å². The Bertz CT molecular complexity index is 1630. The zero-order valence-corrected chi connectivity index (χ0v) is 21.2. The fourth-order valence-electron chi connectivity index (χ4n) is 6.84. The van der Waals surface area contributed by atoms with Crippen molar-refractivity contribution in [1.29, 1.82) is 0 Å². The number of amides is 3. The largest absolute Gasteiger partial charge is 0.274 e. The predicted octanol–water partition coefficient (Wildman–Crippen LogP) is 4.96. The molecule has 2 atom stereocenters. The molecule has 39 heavy (non-hydrogen) atoms. The summed E-state index contributed by atoms with van der Waals surface area (Å²) in [5.74, 6) is -2.31. The van der Waals surface area contributed by atoms with Gasteiger partial charge in [0, 0.05) is 17.7 Å². The normalized spacial score (nSPS) is 24.4. The van der Waals surface area contributed by atoms with Gasteiger partial charge in [-0.1, -0.05) is 84.4 Å².